The van der Waals surface area contributed by atoms with E-state index in [9.17, 15) is 0 Å². The molecule has 2 nitrogen and oxygen atoms in total. The van der Waals surface area contributed by atoms with Gasteiger partial charge in [-0.25, -0.2) is 4.98 Å². The Hall–Kier alpha value is -1.36. The number of rotatable bonds is 0. The summed E-state index contributed by atoms with van der Waals surface area (Å²) in [5.74, 6) is 0. The Labute approximate surface area is 93.0 Å². The number of hydrogen-bond donors (Lipinski definition) is 0. The molecule has 15 heavy (non-hydrogen) atoms. The largest absolute Gasteiger partial charge is 0.245 e. The van der Waals surface area contributed by atoms with Gasteiger partial charge in [0.15, 0.2) is 0 Å². The summed E-state index contributed by atoms with van der Waals surface area (Å²) in [4.78, 5) is 4.01. The molecule has 1 heterocycles. The predicted octanol–water partition coefficient (Wildman–Crippen LogP) is 3.49. The maximum absolute atomic E-state index is 8.56. The van der Waals surface area contributed by atoms with Gasteiger partial charge in [-0.2, -0.15) is 5.26 Å². The van der Waals surface area contributed by atoms with Crippen LogP contribution in [0.15, 0.2) is 12.3 Å². The summed E-state index contributed by atoms with van der Waals surface area (Å²) in [6.07, 6.45) is 5.30. The zero-order valence-electron chi connectivity index (χ0n) is 10.2. The smallest absolute Gasteiger partial charge is 0.140 e. The minimum atomic E-state index is 0.547. The van der Waals surface area contributed by atoms with Crippen molar-refractivity contribution < 1.29 is 0 Å². The van der Waals surface area contributed by atoms with Crippen molar-refractivity contribution in [3.8, 4) is 6.07 Å². The Bertz CT molecular complexity index is 324. The van der Waals surface area contributed by atoms with Crippen molar-refractivity contribution in [2.75, 3.05) is 0 Å². The third kappa shape index (κ3) is 3.71. The van der Waals surface area contributed by atoms with Gasteiger partial charge >= 0.3 is 0 Å². The van der Waals surface area contributed by atoms with Crippen LogP contribution in [0.1, 0.15) is 50.9 Å². The topological polar surface area (TPSA) is 36.7 Å². The summed E-state index contributed by atoms with van der Waals surface area (Å²) in [6, 6.07) is 3.95. The first-order valence-electron chi connectivity index (χ1n) is 5.78. The molecule has 0 spiro atoms. The Morgan fingerprint density at radius 2 is 1.73 bits per heavy atom. The van der Waals surface area contributed by atoms with Crippen molar-refractivity contribution >= 4 is 0 Å². The predicted molar refractivity (Wildman–Crippen MR) is 63.7 cm³/mol. The van der Waals surface area contributed by atoms with E-state index in [-0.39, 0.29) is 0 Å². The van der Waals surface area contributed by atoms with Gasteiger partial charge in [0.25, 0.3) is 0 Å². The molecule has 1 aliphatic rings. The van der Waals surface area contributed by atoms with Crippen LogP contribution in [-0.2, 0) is 12.8 Å². The molecule has 0 aromatic carbocycles. The molecule has 0 N–H and O–H groups in total. The van der Waals surface area contributed by atoms with E-state index in [0.717, 1.165) is 12.8 Å². The highest BCUT2D eigenvalue weighted by Crippen LogP contribution is 2.20. The van der Waals surface area contributed by atoms with Crippen LogP contribution in [0.4, 0.5) is 0 Å². The normalized spacial score (nSPS) is 11.1. The first-order valence-corrected chi connectivity index (χ1v) is 5.78. The molecule has 0 saturated heterocycles. The molecule has 0 saturated carbocycles. The van der Waals surface area contributed by atoms with Crippen molar-refractivity contribution in [1.82, 2.24) is 4.98 Å². The molecule has 0 bridgehead atoms. The van der Waals surface area contributed by atoms with Crippen molar-refractivity contribution in [3.05, 3.63) is 29.1 Å². The standard InChI is InChI=1S/C9H8N2.2C2H6/c10-5-9-4-7-2-1-3-8(7)6-11-9;2*1-2/h4,6H,1-3H2;2*1-2H3. The lowest BCUT2D eigenvalue weighted by molar-refractivity contribution is 0.911. The Balaban J connectivity index is 0.000000442. The van der Waals surface area contributed by atoms with Crippen LogP contribution in [0.3, 0.4) is 0 Å². The highest BCUT2D eigenvalue weighted by atomic mass is 14.7. The van der Waals surface area contributed by atoms with Crippen LogP contribution in [0.2, 0.25) is 0 Å². The van der Waals surface area contributed by atoms with E-state index >= 15 is 0 Å². The molecule has 2 heteroatoms. The van der Waals surface area contributed by atoms with Gasteiger partial charge in [0.05, 0.1) is 0 Å². The SMILES string of the molecule is CC.CC.N#Cc1cc2c(cn1)CCC2. The quantitative estimate of drug-likeness (QED) is 0.648. The van der Waals surface area contributed by atoms with E-state index < -0.39 is 0 Å². The molecule has 82 valence electrons. The number of fused-ring (bicyclic) bond motifs is 1. The van der Waals surface area contributed by atoms with Gasteiger partial charge in [0.1, 0.15) is 11.8 Å². The third-order valence-corrected chi connectivity index (χ3v) is 2.09. The van der Waals surface area contributed by atoms with Gasteiger partial charge in [0.2, 0.25) is 0 Å². The lowest BCUT2D eigenvalue weighted by atomic mass is 10.1. The molecule has 1 aromatic heterocycles. The van der Waals surface area contributed by atoms with E-state index in [4.69, 9.17) is 5.26 Å². The number of aromatic nitrogens is 1. The van der Waals surface area contributed by atoms with Gasteiger partial charge < -0.3 is 0 Å². The van der Waals surface area contributed by atoms with Crippen LogP contribution in [0.5, 0.6) is 0 Å². The zero-order valence-corrected chi connectivity index (χ0v) is 10.2. The minimum Gasteiger partial charge on any atom is -0.245 e. The summed E-state index contributed by atoms with van der Waals surface area (Å²) >= 11 is 0. The molecule has 0 aliphatic heterocycles. The monoisotopic (exact) mass is 204 g/mol. The summed E-state index contributed by atoms with van der Waals surface area (Å²) in [5.41, 5.74) is 3.19. The van der Waals surface area contributed by atoms with Gasteiger partial charge in [-0.1, -0.05) is 27.7 Å². The van der Waals surface area contributed by atoms with Crippen molar-refractivity contribution in [2.45, 2.75) is 47.0 Å². The van der Waals surface area contributed by atoms with E-state index in [1.165, 1.54) is 17.5 Å². The van der Waals surface area contributed by atoms with Crippen molar-refractivity contribution in [2.24, 2.45) is 0 Å². The highest BCUT2D eigenvalue weighted by molar-refractivity contribution is 5.34. The van der Waals surface area contributed by atoms with Gasteiger partial charge in [-0.3, -0.25) is 0 Å². The maximum atomic E-state index is 8.56. The molecule has 2 rings (SSSR count). The van der Waals surface area contributed by atoms with E-state index in [0.29, 0.717) is 5.69 Å². The second kappa shape index (κ2) is 7.99. The number of hydrogen-bond acceptors (Lipinski definition) is 2. The fourth-order valence-corrected chi connectivity index (χ4v) is 1.51. The van der Waals surface area contributed by atoms with Gasteiger partial charge in [0, 0.05) is 6.20 Å². The maximum Gasteiger partial charge on any atom is 0.140 e. The average Bonchev–Trinajstić information content (AvgIpc) is 2.81. The lowest BCUT2D eigenvalue weighted by Crippen LogP contribution is -1.87. The summed E-state index contributed by atoms with van der Waals surface area (Å²) in [7, 11) is 0. The number of pyridine rings is 1. The molecule has 0 unspecified atom stereocenters. The average molecular weight is 204 g/mol. The second-order valence-electron chi connectivity index (χ2n) is 2.80. The molecule has 0 atom stereocenters. The fraction of sp³-hybridized carbons (Fsp3) is 0.538. The number of nitrogens with zero attached hydrogens (tertiary/aromatic N) is 2. The second-order valence-corrected chi connectivity index (χ2v) is 2.80. The molecule has 0 amide bonds. The summed E-state index contributed by atoms with van der Waals surface area (Å²) in [6.45, 7) is 8.00. The Morgan fingerprint density at radius 1 is 1.13 bits per heavy atom. The van der Waals surface area contributed by atoms with E-state index in [1.807, 2.05) is 46.0 Å². The minimum absolute atomic E-state index is 0.547. The fourth-order valence-electron chi connectivity index (χ4n) is 1.51. The molecular formula is C13H20N2. The Kier molecular flexibility index (Phi) is 7.27. The molecule has 1 aliphatic carbocycles. The summed E-state index contributed by atoms with van der Waals surface area (Å²) in [5, 5.41) is 8.56. The highest BCUT2D eigenvalue weighted by Gasteiger charge is 2.10. The number of aryl methyl sites for hydroxylation is 2. The van der Waals surface area contributed by atoms with Crippen LogP contribution in [0.25, 0.3) is 0 Å². The summed E-state index contributed by atoms with van der Waals surface area (Å²) < 4.78 is 0. The van der Waals surface area contributed by atoms with E-state index in [2.05, 4.69) is 4.98 Å². The van der Waals surface area contributed by atoms with E-state index in [1.54, 1.807) is 0 Å². The van der Waals surface area contributed by atoms with Crippen LogP contribution >= 0.6 is 0 Å². The Morgan fingerprint density at radius 3 is 2.33 bits per heavy atom. The first kappa shape index (κ1) is 13.6. The van der Waals surface area contributed by atoms with Crippen LogP contribution in [-0.4, -0.2) is 4.98 Å². The molecule has 0 fully saturated rings. The van der Waals surface area contributed by atoms with Crippen molar-refractivity contribution in [1.29, 1.82) is 5.26 Å². The van der Waals surface area contributed by atoms with Crippen LogP contribution < -0.4 is 0 Å². The van der Waals surface area contributed by atoms with Crippen LogP contribution in [0, 0.1) is 11.3 Å². The zero-order chi connectivity index (χ0) is 11.7. The first-order chi connectivity index (χ1) is 7.40. The third-order valence-electron chi connectivity index (χ3n) is 2.09. The van der Waals surface area contributed by atoms with Crippen molar-refractivity contribution in [3.63, 3.8) is 0 Å². The van der Waals surface area contributed by atoms with Gasteiger partial charge in [-0.15, -0.1) is 0 Å². The lowest BCUT2D eigenvalue weighted by Gasteiger charge is -1.95. The van der Waals surface area contributed by atoms with Gasteiger partial charge in [-0.05, 0) is 36.5 Å². The molecular weight excluding hydrogens is 184 g/mol. The molecule has 1 aromatic rings. The number of nitriles is 1. The molecule has 0 radical (unpaired) electrons.